The first-order valence-corrected chi connectivity index (χ1v) is 9.11. The van der Waals surface area contributed by atoms with Crippen LogP contribution in [0.3, 0.4) is 0 Å². The zero-order valence-electron chi connectivity index (χ0n) is 14.3. The number of hydrogen-bond acceptors (Lipinski definition) is 4. The van der Waals surface area contributed by atoms with E-state index < -0.39 is 5.97 Å². The molecule has 2 heterocycles. The van der Waals surface area contributed by atoms with E-state index >= 15 is 0 Å². The number of fused-ring (bicyclic) bond motifs is 1. The van der Waals surface area contributed by atoms with Crippen LogP contribution in [0.4, 0.5) is 10.7 Å². The lowest BCUT2D eigenvalue weighted by Gasteiger charge is -2.22. The van der Waals surface area contributed by atoms with Gasteiger partial charge in [-0.15, -0.1) is 17.8 Å². The van der Waals surface area contributed by atoms with Gasteiger partial charge in [0.05, 0.1) is 21.2 Å². The lowest BCUT2D eigenvalue weighted by Crippen LogP contribution is -2.31. The molecule has 0 fully saturated rings. The molecular weight excluding hydrogens is 372 g/mol. The number of terminal acetylenes is 1. The van der Waals surface area contributed by atoms with E-state index in [2.05, 4.69) is 16.6 Å². The van der Waals surface area contributed by atoms with E-state index in [1.807, 2.05) is 13.8 Å². The number of hydrogen-bond donors (Lipinski definition) is 3. The SMILES string of the molecule is C#Cc1ccc(Nc2sc3c(c2C(=O)O)CC(C)(C)CNC3=O)c(Cl)c1. The molecule has 0 aliphatic carbocycles. The summed E-state index contributed by atoms with van der Waals surface area (Å²) in [5.74, 6) is 1.17. The fourth-order valence-electron chi connectivity index (χ4n) is 2.90. The first kappa shape index (κ1) is 18.3. The molecule has 0 saturated heterocycles. The summed E-state index contributed by atoms with van der Waals surface area (Å²) in [5, 5.41) is 16.4. The molecule has 5 nitrogen and oxygen atoms in total. The molecule has 0 spiro atoms. The van der Waals surface area contributed by atoms with Gasteiger partial charge in [-0.05, 0) is 35.6 Å². The van der Waals surface area contributed by atoms with E-state index in [1.165, 1.54) is 0 Å². The molecule has 0 saturated carbocycles. The van der Waals surface area contributed by atoms with Crippen LogP contribution >= 0.6 is 22.9 Å². The van der Waals surface area contributed by atoms with Crippen molar-refractivity contribution in [1.82, 2.24) is 5.32 Å². The van der Waals surface area contributed by atoms with Crippen LogP contribution in [-0.4, -0.2) is 23.5 Å². The number of thiophene rings is 1. The molecule has 2 aromatic rings. The molecule has 1 aromatic carbocycles. The van der Waals surface area contributed by atoms with Gasteiger partial charge >= 0.3 is 5.97 Å². The van der Waals surface area contributed by atoms with Gasteiger partial charge in [-0.2, -0.15) is 0 Å². The van der Waals surface area contributed by atoms with E-state index in [1.54, 1.807) is 18.2 Å². The van der Waals surface area contributed by atoms with Crippen molar-refractivity contribution in [2.24, 2.45) is 5.41 Å². The number of halogens is 1. The Hall–Kier alpha value is -2.49. The molecule has 0 bridgehead atoms. The number of carbonyl (C=O) groups is 2. The summed E-state index contributed by atoms with van der Waals surface area (Å²) in [6, 6.07) is 5.03. The van der Waals surface area contributed by atoms with E-state index in [-0.39, 0.29) is 16.9 Å². The average Bonchev–Trinajstić information content (AvgIpc) is 2.86. The van der Waals surface area contributed by atoms with Crippen molar-refractivity contribution >= 4 is 45.5 Å². The highest BCUT2D eigenvalue weighted by molar-refractivity contribution is 7.18. The molecule has 1 amide bonds. The van der Waals surface area contributed by atoms with Gasteiger partial charge in [-0.3, -0.25) is 4.79 Å². The third kappa shape index (κ3) is 3.41. The van der Waals surface area contributed by atoms with Gasteiger partial charge in [-0.25, -0.2) is 4.79 Å². The molecule has 1 aliphatic rings. The van der Waals surface area contributed by atoms with E-state index in [9.17, 15) is 14.7 Å². The van der Waals surface area contributed by atoms with Gasteiger partial charge in [0.1, 0.15) is 5.00 Å². The summed E-state index contributed by atoms with van der Waals surface area (Å²) < 4.78 is 0. The maximum atomic E-state index is 12.4. The Labute approximate surface area is 160 Å². The Morgan fingerprint density at radius 2 is 2.19 bits per heavy atom. The Bertz CT molecular complexity index is 956. The Morgan fingerprint density at radius 3 is 2.81 bits per heavy atom. The smallest absolute Gasteiger partial charge is 0.339 e. The highest BCUT2D eigenvalue weighted by Gasteiger charge is 2.34. The van der Waals surface area contributed by atoms with Crippen LogP contribution in [0.1, 0.15) is 45.0 Å². The van der Waals surface area contributed by atoms with E-state index in [0.29, 0.717) is 44.7 Å². The van der Waals surface area contributed by atoms with Gasteiger partial charge in [0, 0.05) is 12.1 Å². The van der Waals surface area contributed by atoms with Crippen molar-refractivity contribution in [1.29, 1.82) is 0 Å². The first-order chi connectivity index (χ1) is 12.2. The summed E-state index contributed by atoms with van der Waals surface area (Å²) in [5.41, 5.74) is 1.59. The minimum Gasteiger partial charge on any atom is -0.478 e. The van der Waals surface area contributed by atoms with Crippen LogP contribution in [0.25, 0.3) is 0 Å². The lowest BCUT2D eigenvalue weighted by atomic mass is 9.85. The van der Waals surface area contributed by atoms with Crippen LogP contribution in [0.2, 0.25) is 5.02 Å². The van der Waals surface area contributed by atoms with Gasteiger partial charge in [-0.1, -0.05) is 31.4 Å². The van der Waals surface area contributed by atoms with Crippen molar-refractivity contribution in [3.05, 3.63) is 44.8 Å². The normalized spacial score (nSPS) is 15.4. The standard InChI is InChI=1S/C19H17ClN2O3S/c1-4-10-5-6-13(12(20)7-10)22-17-14(18(24)25)11-8-19(2,3)9-21-16(23)15(11)26-17/h1,5-7,22H,8-9H2,2-3H3,(H,21,23)(H,24,25). The monoisotopic (exact) mass is 388 g/mol. The molecule has 7 heteroatoms. The van der Waals surface area contributed by atoms with Crippen molar-refractivity contribution in [3.8, 4) is 12.3 Å². The van der Waals surface area contributed by atoms with Crippen molar-refractivity contribution < 1.29 is 14.7 Å². The Morgan fingerprint density at radius 1 is 1.46 bits per heavy atom. The molecule has 0 radical (unpaired) electrons. The molecule has 0 atom stereocenters. The van der Waals surface area contributed by atoms with Crippen LogP contribution in [-0.2, 0) is 6.42 Å². The van der Waals surface area contributed by atoms with Gasteiger partial charge in [0.25, 0.3) is 5.91 Å². The summed E-state index contributed by atoms with van der Waals surface area (Å²) in [7, 11) is 0. The number of aromatic carboxylic acids is 1. The van der Waals surface area contributed by atoms with Crippen molar-refractivity contribution in [2.45, 2.75) is 20.3 Å². The van der Waals surface area contributed by atoms with Crippen molar-refractivity contribution in [3.63, 3.8) is 0 Å². The number of amides is 1. The van der Waals surface area contributed by atoms with Crippen LogP contribution in [0.5, 0.6) is 0 Å². The topological polar surface area (TPSA) is 78.4 Å². The third-order valence-electron chi connectivity index (χ3n) is 4.19. The van der Waals surface area contributed by atoms with Crippen LogP contribution < -0.4 is 10.6 Å². The zero-order chi connectivity index (χ0) is 19.1. The second-order valence-electron chi connectivity index (χ2n) is 6.91. The fraction of sp³-hybridized carbons (Fsp3) is 0.263. The maximum Gasteiger partial charge on any atom is 0.339 e. The fourth-order valence-corrected chi connectivity index (χ4v) is 4.27. The first-order valence-electron chi connectivity index (χ1n) is 7.92. The molecule has 3 rings (SSSR count). The minimum absolute atomic E-state index is 0.118. The van der Waals surface area contributed by atoms with Crippen molar-refractivity contribution in [2.75, 3.05) is 11.9 Å². The number of rotatable bonds is 3. The molecule has 0 unspecified atom stereocenters. The highest BCUT2D eigenvalue weighted by Crippen LogP contribution is 2.41. The third-order valence-corrected chi connectivity index (χ3v) is 5.65. The Kier molecular flexibility index (Phi) is 4.70. The molecule has 3 N–H and O–H groups in total. The number of benzene rings is 1. The molecular formula is C19H17ClN2O3S. The molecule has 26 heavy (non-hydrogen) atoms. The van der Waals surface area contributed by atoms with E-state index in [0.717, 1.165) is 11.3 Å². The number of carboxylic acid groups (broad SMARTS) is 1. The molecule has 134 valence electrons. The van der Waals surface area contributed by atoms with Crippen LogP contribution in [0.15, 0.2) is 18.2 Å². The highest BCUT2D eigenvalue weighted by atomic mass is 35.5. The number of nitrogens with one attached hydrogen (secondary N) is 2. The average molecular weight is 389 g/mol. The second kappa shape index (κ2) is 6.67. The van der Waals surface area contributed by atoms with Gasteiger partial charge in [0.15, 0.2) is 0 Å². The minimum atomic E-state index is -1.08. The molecule has 1 aromatic heterocycles. The summed E-state index contributed by atoms with van der Waals surface area (Å²) in [6.45, 7) is 4.48. The van der Waals surface area contributed by atoms with Crippen LogP contribution in [0, 0.1) is 17.8 Å². The number of carboxylic acids is 1. The van der Waals surface area contributed by atoms with Gasteiger partial charge < -0.3 is 15.7 Å². The maximum absolute atomic E-state index is 12.4. The zero-order valence-corrected chi connectivity index (χ0v) is 15.8. The summed E-state index contributed by atoms with van der Waals surface area (Å²) >= 11 is 7.36. The predicted molar refractivity (Wildman–Crippen MR) is 104 cm³/mol. The Balaban J connectivity index is 2.09. The summed E-state index contributed by atoms with van der Waals surface area (Å²) in [4.78, 5) is 24.8. The largest absolute Gasteiger partial charge is 0.478 e. The molecule has 1 aliphatic heterocycles. The van der Waals surface area contributed by atoms with E-state index in [4.69, 9.17) is 18.0 Å². The lowest BCUT2D eigenvalue weighted by molar-refractivity contribution is 0.0696. The number of carbonyl (C=O) groups excluding carboxylic acids is 1. The predicted octanol–water partition coefficient (Wildman–Crippen LogP) is 4.14. The summed E-state index contributed by atoms with van der Waals surface area (Å²) in [6.07, 6.45) is 5.85. The van der Waals surface area contributed by atoms with Gasteiger partial charge in [0.2, 0.25) is 0 Å². The second-order valence-corrected chi connectivity index (χ2v) is 8.33. The quantitative estimate of drug-likeness (QED) is 0.690. The number of anilines is 2.